The zero-order valence-electron chi connectivity index (χ0n) is 19.0. The van der Waals surface area contributed by atoms with Gasteiger partial charge in [0.1, 0.15) is 5.70 Å². The average molecular weight is 429 g/mol. The van der Waals surface area contributed by atoms with Crippen molar-refractivity contribution in [1.29, 1.82) is 0 Å². The monoisotopic (exact) mass is 428 g/mol. The van der Waals surface area contributed by atoms with Gasteiger partial charge in [-0.2, -0.15) is 0 Å². The van der Waals surface area contributed by atoms with Crippen LogP contribution in [0, 0.1) is 6.92 Å². The summed E-state index contributed by atoms with van der Waals surface area (Å²) in [6.45, 7) is 2.81. The SMILES string of the molecule is Cc1ccc(C2=C(N3CCCc4ccccc43)C(=O)N(C3CCCCCCC3)C2=O)cc1. The second-order valence-electron chi connectivity index (χ2n) is 9.45. The Morgan fingerprint density at radius 3 is 2.22 bits per heavy atom. The molecule has 0 saturated heterocycles. The van der Waals surface area contributed by atoms with Crippen LogP contribution in [0.3, 0.4) is 0 Å². The predicted molar refractivity (Wildman–Crippen MR) is 128 cm³/mol. The molecular weight excluding hydrogens is 396 g/mol. The van der Waals surface area contributed by atoms with Crippen LogP contribution in [0.4, 0.5) is 5.69 Å². The van der Waals surface area contributed by atoms with Crippen LogP contribution >= 0.6 is 0 Å². The minimum absolute atomic E-state index is 0.00767. The third-order valence-corrected chi connectivity index (χ3v) is 7.25. The number of para-hydroxylation sites is 1. The smallest absolute Gasteiger partial charge is 0.278 e. The molecule has 0 aromatic heterocycles. The molecule has 32 heavy (non-hydrogen) atoms. The van der Waals surface area contributed by atoms with Gasteiger partial charge in [-0.05, 0) is 49.8 Å². The van der Waals surface area contributed by atoms with Gasteiger partial charge in [0, 0.05) is 18.3 Å². The molecule has 0 N–H and O–H groups in total. The summed E-state index contributed by atoms with van der Waals surface area (Å²) in [4.78, 5) is 31.6. The van der Waals surface area contributed by atoms with Crippen LogP contribution in [-0.2, 0) is 16.0 Å². The van der Waals surface area contributed by atoms with Crippen molar-refractivity contribution in [2.45, 2.75) is 70.8 Å². The van der Waals surface area contributed by atoms with E-state index in [0.717, 1.165) is 61.9 Å². The molecule has 4 nitrogen and oxygen atoms in total. The summed E-state index contributed by atoms with van der Waals surface area (Å²) < 4.78 is 0. The number of nitrogens with zero attached hydrogens (tertiary/aromatic N) is 2. The van der Waals surface area contributed by atoms with Gasteiger partial charge in [-0.15, -0.1) is 0 Å². The Morgan fingerprint density at radius 2 is 1.47 bits per heavy atom. The number of carbonyl (C=O) groups is 2. The highest BCUT2D eigenvalue weighted by Gasteiger charge is 2.45. The molecule has 0 bridgehead atoms. The van der Waals surface area contributed by atoms with Crippen LogP contribution in [0.5, 0.6) is 0 Å². The summed E-state index contributed by atoms with van der Waals surface area (Å²) in [5.41, 5.74) is 5.47. The van der Waals surface area contributed by atoms with E-state index in [2.05, 4.69) is 23.1 Å². The van der Waals surface area contributed by atoms with Crippen LogP contribution in [-0.4, -0.2) is 29.3 Å². The van der Waals surface area contributed by atoms with Crippen molar-refractivity contribution in [3.8, 4) is 0 Å². The van der Waals surface area contributed by atoms with Gasteiger partial charge < -0.3 is 4.90 Å². The van der Waals surface area contributed by atoms with Gasteiger partial charge in [0.15, 0.2) is 0 Å². The largest absolute Gasteiger partial charge is 0.336 e. The molecule has 2 aromatic rings. The standard InChI is InChI=1S/C28H32N2O2/c1-20-15-17-22(18-16-20)25-26(29-19-9-11-21-10-7-8-14-24(21)29)28(32)30(27(25)31)23-12-5-3-2-4-6-13-23/h7-8,10,14-18,23H,2-6,9,11-13,19H2,1H3. The number of imide groups is 1. The number of rotatable bonds is 3. The summed E-state index contributed by atoms with van der Waals surface area (Å²) in [7, 11) is 0. The van der Waals surface area contributed by atoms with Crippen LogP contribution in [0.15, 0.2) is 54.2 Å². The minimum Gasteiger partial charge on any atom is -0.336 e. The molecule has 0 radical (unpaired) electrons. The third-order valence-electron chi connectivity index (χ3n) is 7.25. The van der Waals surface area contributed by atoms with E-state index in [1.54, 1.807) is 4.90 Å². The molecule has 1 fully saturated rings. The van der Waals surface area contributed by atoms with Gasteiger partial charge in [-0.1, -0.05) is 80.1 Å². The van der Waals surface area contributed by atoms with Crippen molar-refractivity contribution in [2.24, 2.45) is 0 Å². The number of benzene rings is 2. The Labute approximate surface area is 190 Å². The highest BCUT2D eigenvalue weighted by atomic mass is 16.2. The van der Waals surface area contributed by atoms with Gasteiger partial charge in [-0.3, -0.25) is 14.5 Å². The molecule has 2 aliphatic heterocycles. The van der Waals surface area contributed by atoms with E-state index >= 15 is 0 Å². The van der Waals surface area contributed by atoms with E-state index in [1.807, 2.05) is 37.3 Å². The first-order chi connectivity index (χ1) is 15.6. The van der Waals surface area contributed by atoms with Crippen molar-refractivity contribution in [3.63, 3.8) is 0 Å². The van der Waals surface area contributed by atoms with Crippen LogP contribution in [0.2, 0.25) is 0 Å². The summed E-state index contributed by atoms with van der Waals surface area (Å²) in [5.74, 6) is -0.213. The Bertz CT molecular complexity index is 1050. The molecule has 166 valence electrons. The number of carbonyl (C=O) groups excluding carboxylic acids is 2. The lowest BCUT2D eigenvalue weighted by atomic mass is 9.95. The maximum absolute atomic E-state index is 14.0. The minimum atomic E-state index is -0.109. The van der Waals surface area contributed by atoms with Gasteiger partial charge >= 0.3 is 0 Å². The summed E-state index contributed by atoms with van der Waals surface area (Å²) in [6, 6.07) is 16.4. The zero-order chi connectivity index (χ0) is 22.1. The molecule has 1 aliphatic carbocycles. The number of aryl methyl sites for hydroxylation is 2. The number of hydrogen-bond donors (Lipinski definition) is 0. The van der Waals surface area contributed by atoms with E-state index in [-0.39, 0.29) is 17.9 Å². The molecule has 0 unspecified atom stereocenters. The van der Waals surface area contributed by atoms with Gasteiger partial charge in [0.2, 0.25) is 0 Å². The third kappa shape index (κ3) is 3.76. The molecule has 0 atom stereocenters. The van der Waals surface area contributed by atoms with Crippen molar-refractivity contribution < 1.29 is 9.59 Å². The number of hydrogen-bond acceptors (Lipinski definition) is 3. The summed E-state index contributed by atoms with van der Waals surface area (Å²) in [5, 5.41) is 0. The zero-order valence-corrected chi connectivity index (χ0v) is 19.0. The topological polar surface area (TPSA) is 40.6 Å². The van der Waals surface area contributed by atoms with E-state index < -0.39 is 0 Å². The molecule has 5 rings (SSSR count). The first-order valence-electron chi connectivity index (χ1n) is 12.2. The van der Waals surface area contributed by atoms with E-state index in [9.17, 15) is 9.59 Å². The maximum atomic E-state index is 14.0. The van der Waals surface area contributed by atoms with Crippen molar-refractivity contribution >= 4 is 23.1 Å². The Balaban J connectivity index is 1.61. The molecule has 3 aliphatic rings. The second-order valence-corrected chi connectivity index (χ2v) is 9.45. The van der Waals surface area contributed by atoms with Crippen molar-refractivity contribution in [2.75, 3.05) is 11.4 Å². The average Bonchev–Trinajstić information content (AvgIpc) is 3.04. The van der Waals surface area contributed by atoms with Crippen LogP contribution in [0.25, 0.3) is 5.57 Å². The lowest BCUT2D eigenvalue weighted by molar-refractivity contribution is -0.140. The van der Waals surface area contributed by atoms with Gasteiger partial charge in [0.25, 0.3) is 11.8 Å². The number of amides is 2. The first-order valence-corrected chi connectivity index (χ1v) is 12.2. The Hall–Kier alpha value is -2.88. The second kappa shape index (κ2) is 8.93. The molecule has 2 heterocycles. The lowest BCUT2D eigenvalue weighted by Gasteiger charge is -2.33. The molecule has 2 amide bonds. The fourth-order valence-corrected chi connectivity index (χ4v) is 5.56. The Morgan fingerprint density at radius 1 is 0.781 bits per heavy atom. The summed E-state index contributed by atoms with van der Waals surface area (Å²) >= 11 is 0. The lowest BCUT2D eigenvalue weighted by Crippen LogP contribution is -2.43. The van der Waals surface area contributed by atoms with Crippen LogP contribution < -0.4 is 4.90 Å². The quantitative estimate of drug-likeness (QED) is 0.594. The highest BCUT2D eigenvalue weighted by Crippen LogP contribution is 2.39. The predicted octanol–water partition coefficient (Wildman–Crippen LogP) is 5.64. The number of anilines is 1. The molecule has 1 saturated carbocycles. The van der Waals surface area contributed by atoms with E-state index in [1.165, 1.54) is 24.8 Å². The normalized spacial score (nSPS) is 20.4. The fourth-order valence-electron chi connectivity index (χ4n) is 5.56. The number of fused-ring (bicyclic) bond motifs is 1. The van der Waals surface area contributed by atoms with Crippen molar-refractivity contribution in [3.05, 3.63) is 70.9 Å². The highest BCUT2D eigenvalue weighted by molar-refractivity contribution is 6.37. The van der Waals surface area contributed by atoms with E-state index in [0.29, 0.717) is 11.3 Å². The summed E-state index contributed by atoms with van der Waals surface area (Å²) in [6.07, 6.45) is 9.64. The van der Waals surface area contributed by atoms with Crippen LogP contribution in [0.1, 0.15) is 68.1 Å². The Kier molecular flexibility index (Phi) is 5.86. The maximum Gasteiger partial charge on any atom is 0.278 e. The molecular formula is C28H32N2O2. The molecule has 2 aromatic carbocycles. The van der Waals surface area contributed by atoms with Gasteiger partial charge in [0.05, 0.1) is 5.57 Å². The van der Waals surface area contributed by atoms with Gasteiger partial charge in [-0.25, -0.2) is 0 Å². The fraction of sp³-hybridized carbons (Fsp3) is 0.429. The molecule has 0 spiro atoms. The molecule has 4 heteroatoms. The van der Waals surface area contributed by atoms with E-state index in [4.69, 9.17) is 0 Å². The van der Waals surface area contributed by atoms with Crippen molar-refractivity contribution in [1.82, 2.24) is 4.90 Å². The first kappa shape index (κ1) is 21.0.